The normalized spacial score (nSPS) is 32.7. The van der Waals surface area contributed by atoms with E-state index in [0.717, 1.165) is 0 Å². The topological polar surface area (TPSA) is 161 Å². The number of aliphatic hydroxyl groups is 3. The van der Waals surface area contributed by atoms with Gasteiger partial charge in [-0.1, -0.05) is 12.1 Å². The first kappa shape index (κ1) is 21.1. The average molecular weight is 428 g/mol. The van der Waals surface area contributed by atoms with Crippen molar-refractivity contribution in [2.45, 2.75) is 25.0 Å². The number of nitrogens with two attached hydrogens (primary N) is 1. The molecule has 0 saturated heterocycles. The molecular formula is C22H24N2O7. The lowest BCUT2D eigenvalue weighted by atomic mass is 9.55. The number of rotatable bonds is 2. The average Bonchev–Trinajstić information content (AvgIpc) is 2.65. The van der Waals surface area contributed by atoms with Crippen molar-refractivity contribution in [1.82, 2.24) is 4.90 Å². The van der Waals surface area contributed by atoms with Crippen LogP contribution >= 0.6 is 0 Å². The van der Waals surface area contributed by atoms with Crippen LogP contribution in [0, 0.1) is 17.8 Å². The SMILES string of the molecule is CN(C)[C@@H]1C(O)=C(C(N)=O)C(O)=C2C(=O)C3C(=O)c4c(O)cccc4[C@@](C)(O)C3C[C@H]21. The third kappa shape index (κ3) is 2.66. The number of fused-ring (bicyclic) bond motifs is 3. The summed E-state index contributed by atoms with van der Waals surface area (Å²) >= 11 is 0. The lowest BCUT2D eigenvalue weighted by molar-refractivity contribution is -0.130. The third-order valence-corrected chi connectivity index (χ3v) is 6.88. The summed E-state index contributed by atoms with van der Waals surface area (Å²) in [6.07, 6.45) is 0.0720. The molecule has 1 amide bonds. The molecule has 31 heavy (non-hydrogen) atoms. The van der Waals surface area contributed by atoms with Gasteiger partial charge in [-0.2, -0.15) is 0 Å². The highest BCUT2D eigenvalue weighted by atomic mass is 16.3. The molecule has 2 unspecified atom stereocenters. The molecule has 1 saturated carbocycles. The highest BCUT2D eigenvalue weighted by Crippen LogP contribution is 2.54. The van der Waals surface area contributed by atoms with Gasteiger partial charge in [0.1, 0.15) is 22.8 Å². The minimum atomic E-state index is -1.64. The first-order chi connectivity index (χ1) is 14.4. The van der Waals surface area contributed by atoms with Crippen molar-refractivity contribution in [3.8, 4) is 5.75 Å². The molecule has 0 bridgehead atoms. The van der Waals surface area contributed by atoms with E-state index in [1.165, 1.54) is 25.1 Å². The van der Waals surface area contributed by atoms with Crippen LogP contribution in [0.25, 0.3) is 0 Å². The number of hydrogen-bond donors (Lipinski definition) is 5. The summed E-state index contributed by atoms with van der Waals surface area (Å²) in [6.45, 7) is 1.48. The Morgan fingerprint density at radius 1 is 1.16 bits per heavy atom. The van der Waals surface area contributed by atoms with Gasteiger partial charge in [-0.25, -0.2) is 0 Å². The number of carbonyl (C=O) groups excluding carboxylic acids is 3. The first-order valence-electron chi connectivity index (χ1n) is 9.87. The van der Waals surface area contributed by atoms with Gasteiger partial charge in [0.15, 0.2) is 11.6 Å². The summed E-state index contributed by atoms with van der Waals surface area (Å²) in [5, 5.41) is 43.1. The van der Waals surface area contributed by atoms with Crippen LogP contribution in [0.2, 0.25) is 0 Å². The molecule has 3 aliphatic rings. The van der Waals surface area contributed by atoms with Gasteiger partial charge in [-0.3, -0.25) is 19.3 Å². The fourth-order valence-corrected chi connectivity index (χ4v) is 5.51. The van der Waals surface area contributed by atoms with Crippen molar-refractivity contribution in [3.05, 3.63) is 52.0 Å². The van der Waals surface area contributed by atoms with Gasteiger partial charge >= 0.3 is 0 Å². The molecule has 1 fully saturated rings. The predicted octanol–water partition coefficient (Wildman–Crippen LogP) is 0.671. The molecule has 0 radical (unpaired) electrons. The number of benzene rings is 1. The zero-order valence-electron chi connectivity index (χ0n) is 17.3. The van der Waals surface area contributed by atoms with Crippen molar-refractivity contribution in [2.24, 2.45) is 23.5 Å². The van der Waals surface area contributed by atoms with Gasteiger partial charge in [-0.05, 0) is 39.1 Å². The van der Waals surface area contributed by atoms with Crippen molar-refractivity contribution >= 4 is 17.5 Å². The van der Waals surface area contributed by atoms with Crippen LogP contribution in [0.3, 0.4) is 0 Å². The van der Waals surface area contributed by atoms with Gasteiger partial charge in [0.2, 0.25) is 0 Å². The number of phenols is 1. The number of aromatic hydroxyl groups is 1. The van der Waals surface area contributed by atoms with Crippen LogP contribution in [0.15, 0.2) is 40.9 Å². The molecule has 164 valence electrons. The van der Waals surface area contributed by atoms with Crippen LogP contribution < -0.4 is 5.73 Å². The number of primary amides is 1. The van der Waals surface area contributed by atoms with Crippen molar-refractivity contribution in [2.75, 3.05) is 14.1 Å². The number of aliphatic hydroxyl groups excluding tert-OH is 2. The third-order valence-electron chi connectivity index (χ3n) is 6.88. The quantitative estimate of drug-likeness (QED) is 0.429. The maximum Gasteiger partial charge on any atom is 0.255 e. The number of likely N-dealkylation sites (N-methyl/N-ethyl adjacent to an activating group) is 1. The lowest BCUT2D eigenvalue weighted by Crippen LogP contribution is -2.57. The molecule has 0 aliphatic heterocycles. The molecule has 4 rings (SSSR count). The Bertz CT molecular complexity index is 1100. The fourth-order valence-electron chi connectivity index (χ4n) is 5.51. The molecule has 0 heterocycles. The van der Waals surface area contributed by atoms with E-state index in [0.29, 0.717) is 0 Å². The van der Waals surface area contributed by atoms with Crippen LogP contribution in [-0.4, -0.2) is 62.9 Å². The Morgan fingerprint density at radius 2 is 1.81 bits per heavy atom. The number of amides is 1. The second-order valence-corrected chi connectivity index (χ2v) is 8.80. The number of carbonyl (C=O) groups is 3. The van der Waals surface area contributed by atoms with Gasteiger partial charge < -0.3 is 26.2 Å². The first-order valence-corrected chi connectivity index (χ1v) is 9.87. The number of phenolic OH excluding ortho intramolecular Hbond substituents is 1. The number of nitrogens with zero attached hydrogens (tertiary/aromatic N) is 1. The second kappa shape index (κ2) is 6.66. The zero-order valence-corrected chi connectivity index (χ0v) is 17.3. The maximum absolute atomic E-state index is 13.6. The summed E-state index contributed by atoms with van der Waals surface area (Å²) in [6, 6.07) is 3.47. The Balaban J connectivity index is 1.96. The van der Waals surface area contributed by atoms with E-state index >= 15 is 0 Å². The Labute approximate surface area is 178 Å². The molecule has 3 aliphatic carbocycles. The van der Waals surface area contributed by atoms with Crippen molar-refractivity contribution in [3.63, 3.8) is 0 Å². The maximum atomic E-state index is 13.6. The van der Waals surface area contributed by atoms with E-state index < -0.39 is 64.0 Å². The standard InChI is InChI=1S/C22H24N2O7/c1-22(31)9-5-4-6-11(25)13(9)19(28)14-10(22)7-8-12(17(14)26)18(27)15(21(23)30)20(29)16(8)24(2)3/h4-6,8,10,14,16,25,27,29,31H,7H2,1-3H3,(H2,23,30)/t8-,10?,14?,16+,22-/m1/s1. The zero-order chi connectivity index (χ0) is 23.0. The molecule has 0 aromatic heterocycles. The largest absolute Gasteiger partial charge is 0.510 e. The highest BCUT2D eigenvalue weighted by molar-refractivity contribution is 6.20. The van der Waals surface area contributed by atoms with E-state index in [9.17, 15) is 34.8 Å². The Hall–Kier alpha value is -3.17. The Morgan fingerprint density at radius 3 is 2.39 bits per heavy atom. The van der Waals surface area contributed by atoms with E-state index in [1.807, 2.05) is 0 Å². The van der Waals surface area contributed by atoms with Crippen molar-refractivity contribution < 1.29 is 34.8 Å². The minimum Gasteiger partial charge on any atom is -0.510 e. The molecule has 9 nitrogen and oxygen atoms in total. The number of Topliss-reactive ketones (excluding diaryl/α,β-unsaturated/α-hetero) is 2. The summed E-state index contributed by atoms with van der Waals surface area (Å²) in [7, 11) is 3.26. The van der Waals surface area contributed by atoms with Gasteiger partial charge in [0.05, 0.1) is 23.1 Å². The number of hydrogen-bond acceptors (Lipinski definition) is 8. The van der Waals surface area contributed by atoms with Gasteiger partial charge in [-0.15, -0.1) is 0 Å². The number of ketones is 2. The molecule has 0 spiro atoms. The summed E-state index contributed by atoms with van der Waals surface area (Å²) < 4.78 is 0. The highest BCUT2D eigenvalue weighted by Gasteiger charge is 2.59. The predicted molar refractivity (Wildman–Crippen MR) is 108 cm³/mol. The molecule has 1 aromatic carbocycles. The summed E-state index contributed by atoms with van der Waals surface area (Å²) in [5.74, 6) is -7.08. The minimum absolute atomic E-state index is 0.0720. The molecule has 5 atom stereocenters. The van der Waals surface area contributed by atoms with Crippen molar-refractivity contribution in [1.29, 1.82) is 0 Å². The van der Waals surface area contributed by atoms with E-state index in [-0.39, 0.29) is 28.9 Å². The van der Waals surface area contributed by atoms with Crippen LogP contribution in [0.5, 0.6) is 5.75 Å². The van der Waals surface area contributed by atoms with E-state index in [4.69, 9.17) is 5.73 Å². The monoisotopic (exact) mass is 428 g/mol. The summed E-state index contributed by atoms with van der Waals surface area (Å²) in [5.41, 5.74) is 3.06. The van der Waals surface area contributed by atoms with E-state index in [2.05, 4.69) is 0 Å². The van der Waals surface area contributed by atoms with Crippen LogP contribution in [0.4, 0.5) is 0 Å². The molecule has 9 heteroatoms. The second-order valence-electron chi connectivity index (χ2n) is 8.80. The fraction of sp³-hybridized carbons (Fsp3) is 0.409. The summed E-state index contributed by atoms with van der Waals surface area (Å²) in [4.78, 5) is 40.4. The molecule has 6 N–H and O–H groups in total. The molecule has 1 aromatic rings. The lowest BCUT2D eigenvalue weighted by Gasteiger charge is -2.50. The molecular weight excluding hydrogens is 404 g/mol. The van der Waals surface area contributed by atoms with Gasteiger partial charge in [0.25, 0.3) is 5.91 Å². The van der Waals surface area contributed by atoms with Crippen LogP contribution in [0.1, 0.15) is 29.3 Å². The van der Waals surface area contributed by atoms with E-state index in [1.54, 1.807) is 19.0 Å². The van der Waals surface area contributed by atoms with Crippen LogP contribution in [-0.2, 0) is 15.2 Å². The smallest absolute Gasteiger partial charge is 0.255 e. The Kier molecular flexibility index (Phi) is 4.53. The van der Waals surface area contributed by atoms with Gasteiger partial charge in [0, 0.05) is 17.4 Å².